The van der Waals surface area contributed by atoms with Crippen molar-refractivity contribution in [1.29, 1.82) is 0 Å². The van der Waals surface area contributed by atoms with Gasteiger partial charge in [0.1, 0.15) is 0 Å². The molecule has 2 atom stereocenters. The van der Waals surface area contributed by atoms with E-state index in [9.17, 15) is 4.21 Å². The van der Waals surface area contributed by atoms with Gasteiger partial charge in [0.05, 0.1) is 10.5 Å². The molecule has 0 amide bonds. The Morgan fingerprint density at radius 1 is 0.900 bits per heavy atom. The highest BCUT2D eigenvalue weighted by Crippen LogP contribution is 2.20. The molecule has 0 fully saturated rings. The number of allylic oxidation sites excluding steroid dienone is 2. The smallest absolute Gasteiger partial charge is 0.0721 e. The molecule has 0 saturated carbocycles. The minimum Gasteiger partial charge on any atom is -0.258 e. The quantitative estimate of drug-likeness (QED) is 0.476. The molecule has 2 aliphatic heterocycles. The van der Waals surface area contributed by atoms with Crippen molar-refractivity contribution < 1.29 is 4.21 Å². The Bertz CT molecular complexity index is 226. The zero-order valence-corrected chi connectivity index (χ0v) is 6.25. The molecule has 0 aromatic rings. The van der Waals surface area contributed by atoms with E-state index in [1.165, 1.54) is 0 Å². The molecule has 2 bridgehead atoms. The van der Waals surface area contributed by atoms with Gasteiger partial charge >= 0.3 is 0 Å². The van der Waals surface area contributed by atoms with Crippen LogP contribution < -0.4 is 0 Å². The molecule has 0 spiro atoms. The van der Waals surface area contributed by atoms with Crippen LogP contribution in [-0.4, -0.2) is 14.7 Å². The van der Waals surface area contributed by atoms with E-state index in [2.05, 4.69) is 0 Å². The zero-order chi connectivity index (χ0) is 6.97. The van der Waals surface area contributed by atoms with Gasteiger partial charge in [-0.1, -0.05) is 36.5 Å². The monoisotopic (exact) mass is 152 g/mol. The van der Waals surface area contributed by atoms with Gasteiger partial charge in [0.25, 0.3) is 0 Å². The first kappa shape index (κ1) is 6.10. The van der Waals surface area contributed by atoms with E-state index in [-0.39, 0.29) is 10.5 Å². The Morgan fingerprint density at radius 2 is 1.40 bits per heavy atom. The summed E-state index contributed by atoms with van der Waals surface area (Å²) in [5.41, 5.74) is 0. The molecule has 2 heteroatoms. The minimum absolute atomic E-state index is 0.167. The maximum atomic E-state index is 11.4. The highest BCUT2D eigenvalue weighted by Gasteiger charge is 2.24. The largest absolute Gasteiger partial charge is 0.258 e. The first-order chi connectivity index (χ1) is 4.88. The van der Waals surface area contributed by atoms with Gasteiger partial charge < -0.3 is 0 Å². The molecule has 0 aliphatic carbocycles. The number of hydrogen-bond donors (Lipinski definition) is 0. The van der Waals surface area contributed by atoms with Gasteiger partial charge in [0.2, 0.25) is 0 Å². The maximum Gasteiger partial charge on any atom is 0.0721 e. The van der Waals surface area contributed by atoms with Gasteiger partial charge in [-0.15, -0.1) is 0 Å². The molecule has 2 heterocycles. The van der Waals surface area contributed by atoms with Crippen LogP contribution in [0, 0.1) is 0 Å². The summed E-state index contributed by atoms with van der Waals surface area (Å²) in [6, 6.07) is 0. The molecular formula is C8H8OS. The summed E-state index contributed by atoms with van der Waals surface area (Å²) in [5.74, 6) is 0. The van der Waals surface area contributed by atoms with Crippen molar-refractivity contribution in [2.75, 3.05) is 0 Å². The van der Waals surface area contributed by atoms with Crippen molar-refractivity contribution in [1.82, 2.24) is 0 Å². The maximum absolute atomic E-state index is 11.4. The fourth-order valence-electron chi connectivity index (χ4n) is 1.19. The van der Waals surface area contributed by atoms with E-state index in [4.69, 9.17) is 0 Å². The predicted octanol–water partition coefficient (Wildman–Crippen LogP) is 1.17. The van der Waals surface area contributed by atoms with Crippen molar-refractivity contribution in [2.45, 2.75) is 10.5 Å². The summed E-state index contributed by atoms with van der Waals surface area (Å²) in [5, 5.41) is 0.333. The van der Waals surface area contributed by atoms with Gasteiger partial charge in [0, 0.05) is 10.8 Å². The molecule has 0 aromatic heterocycles. The third-order valence-electron chi connectivity index (χ3n) is 1.74. The molecule has 52 valence electrons. The van der Waals surface area contributed by atoms with Crippen LogP contribution in [0.15, 0.2) is 36.5 Å². The lowest BCUT2D eigenvalue weighted by atomic mass is 10.2. The van der Waals surface area contributed by atoms with Crippen molar-refractivity contribution in [3.05, 3.63) is 36.5 Å². The average Bonchev–Trinajstić information content (AvgIpc) is 2.06. The van der Waals surface area contributed by atoms with E-state index in [1.54, 1.807) is 0 Å². The van der Waals surface area contributed by atoms with Crippen LogP contribution in [0.5, 0.6) is 0 Å². The van der Waals surface area contributed by atoms with Crippen LogP contribution in [0.25, 0.3) is 0 Å². The zero-order valence-electron chi connectivity index (χ0n) is 5.44. The topological polar surface area (TPSA) is 17.1 Å². The lowest BCUT2D eigenvalue weighted by molar-refractivity contribution is 0.682. The molecule has 0 aromatic carbocycles. The Kier molecular flexibility index (Phi) is 1.34. The van der Waals surface area contributed by atoms with Crippen LogP contribution >= 0.6 is 0 Å². The van der Waals surface area contributed by atoms with E-state index < -0.39 is 10.8 Å². The first-order valence-electron chi connectivity index (χ1n) is 3.30. The summed E-state index contributed by atoms with van der Waals surface area (Å²) in [6.45, 7) is 0. The normalized spacial score (nSPS) is 42.2. The lowest BCUT2D eigenvalue weighted by Crippen LogP contribution is -2.11. The molecule has 2 aliphatic rings. The second kappa shape index (κ2) is 2.20. The highest BCUT2D eigenvalue weighted by molar-refractivity contribution is 7.87. The van der Waals surface area contributed by atoms with Gasteiger partial charge in [-0.3, -0.25) is 4.21 Å². The second-order valence-electron chi connectivity index (χ2n) is 2.41. The van der Waals surface area contributed by atoms with Crippen LogP contribution in [0.1, 0.15) is 0 Å². The van der Waals surface area contributed by atoms with Crippen LogP contribution in [0.4, 0.5) is 0 Å². The Morgan fingerprint density at radius 3 is 1.90 bits per heavy atom. The van der Waals surface area contributed by atoms with E-state index >= 15 is 0 Å². The summed E-state index contributed by atoms with van der Waals surface area (Å²) < 4.78 is 11.4. The summed E-state index contributed by atoms with van der Waals surface area (Å²) in [4.78, 5) is 0. The van der Waals surface area contributed by atoms with Crippen molar-refractivity contribution in [3.8, 4) is 0 Å². The van der Waals surface area contributed by atoms with E-state index in [0.29, 0.717) is 0 Å². The molecule has 10 heavy (non-hydrogen) atoms. The molecule has 0 saturated heterocycles. The Labute approximate surface area is 62.6 Å². The second-order valence-corrected chi connectivity index (χ2v) is 4.16. The fraction of sp³-hybridized carbons (Fsp3) is 0.250. The average molecular weight is 152 g/mol. The van der Waals surface area contributed by atoms with Crippen molar-refractivity contribution >= 4 is 10.8 Å². The molecule has 0 N–H and O–H groups in total. The molecule has 2 rings (SSSR count). The van der Waals surface area contributed by atoms with Crippen molar-refractivity contribution in [2.24, 2.45) is 0 Å². The summed E-state index contributed by atoms with van der Waals surface area (Å²) in [6.07, 6.45) is 11.9. The standard InChI is InChI=1S/C8H8OS/c9-10-7-3-1-2-4-8(10)6-5-7/h1-8H. The Balaban J connectivity index is 2.44. The third-order valence-corrected chi connectivity index (χ3v) is 3.44. The van der Waals surface area contributed by atoms with Crippen molar-refractivity contribution in [3.63, 3.8) is 0 Å². The molecule has 1 nitrogen and oxygen atoms in total. The number of hydrogen-bond acceptors (Lipinski definition) is 1. The van der Waals surface area contributed by atoms with Gasteiger partial charge in [-0.05, 0) is 0 Å². The predicted molar refractivity (Wildman–Crippen MR) is 43.1 cm³/mol. The summed E-state index contributed by atoms with van der Waals surface area (Å²) >= 11 is 0. The molecular weight excluding hydrogens is 144 g/mol. The minimum atomic E-state index is -0.721. The van der Waals surface area contributed by atoms with Gasteiger partial charge in [-0.25, -0.2) is 0 Å². The van der Waals surface area contributed by atoms with Gasteiger partial charge in [-0.2, -0.15) is 0 Å². The number of rotatable bonds is 0. The lowest BCUT2D eigenvalue weighted by Gasteiger charge is -2.00. The highest BCUT2D eigenvalue weighted by atomic mass is 32.2. The van der Waals surface area contributed by atoms with E-state index in [0.717, 1.165) is 0 Å². The fourth-order valence-corrected chi connectivity index (χ4v) is 2.53. The third kappa shape index (κ3) is 0.797. The van der Waals surface area contributed by atoms with E-state index in [1.807, 2.05) is 36.5 Å². The number of fused-ring (bicyclic) bond motifs is 2. The SMILES string of the molecule is O=S1C2C=CC=CC1C=C2. The molecule has 0 radical (unpaired) electrons. The first-order valence-corrected chi connectivity index (χ1v) is 4.58. The van der Waals surface area contributed by atoms with Crippen LogP contribution in [0.3, 0.4) is 0 Å². The molecule has 2 unspecified atom stereocenters. The van der Waals surface area contributed by atoms with Gasteiger partial charge in [0.15, 0.2) is 0 Å². The van der Waals surface area contributed by atoms with Crippen LogP contribution in [-0.2, 0) is 10.8 Å². The Hall–Kier alpha value is -0.630. The summed E-state index contributed by atoms with van der Waals surface area (Å²) in [7, 11) is -0.721. The van der Waals surface area contributed by atoms with Crippen LogP contribution in [0.2, 0.25) is 0 Å².